The van der Waals surface area contributed by atoms with E-state index in [9.17, 15) is 0 Å². The van der Waals surface area contributed by atoms with E-state index < -0.39 is 0 Å². The van der Waals surface area contributed by atoms with E-state index in [-0.39, 0.29) is 0 Å². The molecular formula is C12H11N7. The number of hydrogen-bond acceptors (Lipinski definition) is 6. The summed E-state index contributed by atoms with van der Waals surface area (Å²) in [6.45, 7) is 0.663. The van der Waals surface area contributed by atoms with E-state index in [1.165, 1.54) is 6.33 Å². The lowest BCUT2D eigenvalue weighted by Crippen LogP contribution is -2.00. The summed E-state index contributed by atoms with van der Waals surface area (Å²) in [5, 5.41) is 17.2. The van der Waals surface area contributed by atoms with Gasteiger partial charge < -0.3 is 5.32 Å². The molecule has 3 rings (SSSR count). The van der Waals surface area contributed by atoms with Gasteiger partial charge in [0.1, 0.15) is 6.33 Å². The Morgan fingerprint density at radius 3 is 2.84 bits per heavy atom. The number of aromatic amines is 1. The van der Waals surface area contributed by atoms with Crippen molar-refractivity contribution in [3.8, 4) is 11.4 Å². The van der Waals surface area contributed by atoms with Crippen molar-refractivity contribution in [2.75, 3.05) is 5.32 Å². The molecule has 0 amide bonds. The molecule has 0 aliphatic carbocycles. The average molecular weight is 253 g/mol. The SMILES string of the molecule is c1cc(NCc2cncnc2)cc(-c2nn[nH]n2)c1. The number of tetrazole rings is 1. The number of benzene rings is 1. The first-order valence-corrected chi connectivity index (χ1v) is 5.73. The van der Waals surface area contributed by atoms with Crippen molar-refractivity contribution in [1.29, 1.82) is 0 Å². The van der Waals surface area contributed by atoms with Gasteiger partial charge in [-0.2, -0.15) is 5.21 Å². The first-order chi connectivity index (χ1) is 9.42. The standard InChI is InChI=1S/C12H11N7/c1-2-10(12-16-18-19-17-12)4-11(3-1)15-7-9-5-13-8-14-6-9/h1-6,8,15H,7H2,(H,16,17,18,19). The predicted molar refractivity (Wildman–Crippen MR) is 69.0 cm³/mol. The summed E-state index contributed by atoms with van der Waals surface area (Å²) in [5.41, 5.74) is 2.90. The lowest BCUT2D eigenvalue weighted by Gasteiger charge is -2.06. The van der Waals surface area contributed by atoms with Crippen LogP contribution in [0.2, 0.25) is 0 Å². The van der Waals surface area contributed by atoms with Gasteiger partial charge in [-0.05, 0) is 17.3 Å². The Balaban J connectivity index is 1.74. The Bertz CT molecular complexity index is 636. The van der Waals surface area contributed by atoms with Crippen LogP contribution in [0.5, 0.6) is 0 Å². The molecule has 0 aliphatic rings. The molecule has 7 nitrogen and oxygen atoms in total. The van der Waals surface area contributed by atoms with Gasteiger partial charge in [-0.15, -0.1) is 10.2 Å². The van der Waals surface area contributed by atoms with Crippen molar-refractivity contribution in [2.45, 2.75) is 6.54 Å². The van der Waals surface area contributed by atoms with E-state index in [1.807, 2.05) is 24.3 Å². The molecular weight excluding hydrogens is 242 g/mol. The van der Waals surface area contributed by atoms with Crippen molar-refractivity contribution in [3.63, 3.8) is 0 Å². The van der Waals surface area contributed by atoms with Crippen LogP contribution < -0.4 is 5.32 Å². The van der Waals surface area contributed by atoms with Gasteiger partial charge in [-0.3, -0.25) is 0 Å². The minimum Gasteiger partial charge on any atom is -0.381 e. The third-order valence-electron chi connectivity index (χ3n) is 2.58. The maximum Gasteiger partial charge on any atom is 0.204 e. The van der Waals surface area contributed by atoms with Crippen LogP contribution in [0.1, 0.15) is 5.56 Å². The highest BCUT2D eigenvalue weighted by Crippen LogP contribution is 2.18. The van der Waals surface area contributed by atoms with Crippen molar-refractivity contribution >= 4 is 5.69 Å². The third kappa shape index (κ3) is 2.71. The Morgan fingerprint density at radius 2 is 2.05 bits per heavy atom. The smallest absolute Gasteiger partial charge is 0.204 e. The molecule has 7 heteroatoms. The van der Waals surface area contributed by atoms with E-state index in [0.29, 0.717) is 12.4 Å². The van der Waals surface area contributed by atoms with Crippen LogP contribution >= 0.6 is 0 Å². The molecule has 0 atom stereocenters. The molecule has 2 aromatic heterocycles. The molecule has 0 aliphatic heterocycles. The number of aromatic nitrogens is 6. The number of nitrogens with one attached hydrogen (secondary N) is 2. The summed E-state index contributed by atoms with van der Waals surface area (Å²) in [6.07, 6.45) is 5.08. The number of H-pyrrole nitrogens is 1. The Hall–Kier alpha value is -2.83. The quantitative estimate of drug-likeness (QED) is 0.727. The minimum absolute atomic E-state index is 0.576. The first-order valence-electron chi connectivity index (χ1n) is 5.73. The van der Waals surface area contributed by atoms with Crippen LogP contribution in [0.15, 0.2) is 43.0 Å². The number of hydrogen-bond donors (Lipinski definition) is 2. The van der Waals surface area contributed by atoms with Crippen LogP contribution in [0, 0.1) is 0 Å². The zero-order valence-electron chi connectivity index (χ0n) is 9.98. The number of anilines is 1. The van der Waals surface area contributed by atoms with Gasteiger partial charge in [0.2, 0.25) is 5.82 Å². The first kappa shape index (κ1) is 11.3. The maximum absolute atomic E-state index is 3.97. The summed E-state index contributed by atoms with van der Waals surface area (Å²) in [5.74, 6) is 0.576. The molecule has 2 N–H and O–H groups in total. The Labute approximate surface area is 109 Å². The van der Waals surface area contributed by atoms with E-state index in [4.69, 9.17) is 0 Å². The summed E-state index contributed by atoms with van der Waals surface area (Å²) >= 11 is 0. The zero-order chi connectivity index (χ0) is 12.9. The lowest BCUT2D eigenvalue weighted by molar-refractivity contribution is 0.881. The van der Waals surface area contributed by atoms with E-state index in [2.05, 4.69) is 35.9 Å². The fourth-order valence-corrected chi connectivity index (χ4v) is 1.68. The number of rotatable bonds is 4. The topological polar surface area (TPSA) is 92.3 Å². The highest BCUT2D eigenvalue weighted by Gasteiger charge is 2.03. The molecule has 0 unspecified atom stereocenters. The van der Waals surface area contributed by atoms with Gasteiger partial charge in [-0.1, -0.05) is 12.1 Å². The van der Waals surface area contributed by atoms with Gasteiger partial charge in [0.05, 0.1) is 0 Å². The Kier molecular flexibility index (Phi) is 3.09. The molecule has 0 fully saturated rings. The van der Waals surface area contributed by atoms with Gasteiger partial charge in [0.25, 0.3) is 0 Å². The minimum atomic E-state index is 0.576. The second-order valence-corrected chi connectivity index (χ2v) is 3.92. The van der Waals surface area contributed by atoms with Crippen LogP contribution in [-0.2, 0) is 6.54 Å². The fraction of sp³-hybridized carbons (Fsp3) is 0.0833. The molecule has 19 heavy (non-hydrogen) atoms. The monoisotopic (exact) mass is 253 g/mol. The summed E-state index contributed by atoms with van der Waals surface area (Å²) in [6, 6.07) is 7.82. The molecule has 1 aromatic carbocycles. The second kappa shape index (κ2) is 5.21. The molecule has 0 spiro atoms. The van der Waals surface area contributed by atoms with Gasteiger partial charge in [0, 0.05) is 35.8 Å². The molecule has 94 valence electrons. The normalized spacial score (nSPS) is 10.3. The van der Waals surface area contributed by atoms with Crippen LogP contribution in [0.3, 0.4) is 0 Å². The average Bonchev–Trinajstić information content (AvgIpc) is 3.01. The molecule has 0 bridgehead atoms. The second-order valence-electron chi connectivity index (χ2n) is 3.92. The zero-order valence-corrected chi connectivity index (χ0v) is 9.98. The van der Waals surface area contributed by atoms with Crippen LogP contribution in [0.25, 0.3) is 11.4 Å². The van der Waals surface area contributed by atoms with Crippen molar-refractivity contribution < 1.29 is 0 Å². The van der Waals surface area contributed by atoms with Crippen LogP contribution in [-0.4, -0.2) is 30.6 Å². The van der Waals surface area contributed by atoms with Crippen molar-refractivity contribution in [2.24, 2.45) is 0 Å². The van der Waals surface area contributed by atoms with Crippen LogP contribution in [0.4, 0.5) is 5.69 Å². The summed E-state index contributed by atoms with van der Waals surface area (Å²) < 4.78 is 0. The summed E-state index contributed by atoms with van der Waals surface area (Å²) in [4.78, 5) is 7.94. The van der Waals surface area contributed by atoms with Gasteiger partial charge in [-0.25, -0.2) is 9.97 Å². The fourth-order valence-electron chi connectivity index (χ4n) is 1.68. The van der Waals surface area contributed by atoms with E-state index in [1.54, 1.807) is 12.4 Å². The maximum atomic E-state index is 3.97. The highest BCUT2D eigenvalue weighted by atomic mass is 15.5. The largest absolute Gasteiger partial charge is 0.381 e. The van der Waals surface area contributed by atoms with Gasteiger partial charge in [0.15, 0.2) is 0 Å². The van der Waals surface area contributed by atoms with Crippen molar-refractivity contribution in [3.05, 3.63) is 48.5 Å². The molecule has 2 heterocycles. The summed E-state index contributed by atoms with van der Waals surface area (Å²) in [7, 11) is 0. The van der Waals surface area contributed by atoms with E-state index in [0.717, 1.165) is 16.8 Å². The highest BCUT2D eigenvalue weighted by molar-refractivity contribution is 5.61. The molecule has 0 radical (unpaired) electrons. The van der Waals surface area contributed by atoms with Crippen molar-refractivity contribution in [1.82, 2.24) is 30.6 Å². The van der Waals surface area contributed by atoms with E-state index >= 15 is 0 Å². The van der Waals surface area contributed by atoms with Gasteiger partial charge >= 0.3 is 0 Å². The third-order valence-corrected chi connectivity index (χ3v) is 2.58. The Morgan fingerprint density at radius 1 is 1.16 bits per heavy atom. The molecule has 3 aromatic rings. The predicted octanol–water partition coefficient (Wildman–Crippen LogP) is 1.27. The molecule has 0 saturated carbocycles. The lowest BCUT2D eigenvalue weighted by atomic mass is 10.2. The molecule has 0 saturated heterocycles. The number of nitrogens with zero attached hydrogens (tertiary/aromatic N) is 5.